The van der Waals surface area contributed by atoms with Crippen LogP contribution in [0.5, 0.6) is 0 Å². The fourth-order valence-corrected chi connectivity index (χ4v) is 2.07. The number of carbonyl (C=O) groups excluding carboxylic acids is 1. The first-order chi connectivity index (χ1) is 10.8. The van der Waals surface area contributed by atoms with Crippen molar-refractivity contribution in [2.45, 2.75) is 71.4 Å². The van der Waals surface area contributed by atoms with E-state index in [0.29, 0.717) is 13.0 Å². The smallest absolute Gasteiger partial charge is 0.306 e. The Kier molecular flexibility index (Phi) is 11.5. The normalized spacial score (nSPS) is 13.6. The van der Waals surface area contributed by atoms with Crippen molar-refractivity contribution >= 4 is 11.9 Å². The summed E-state index contributed by atoms with van der Waals surface area (Å²) in [5, 5.41) is 6.54. The number of nitrogens with zero attached hydrogens (tertiary/aromatic N) is 1. The standard InChI is InChI=1S/C17H35N3O3/c1-14(13-22-6)20-16(18-5)19-12-10-8-7-9-11-15(21)23-17(2,3)4/h14H,7-13H2,1-6H3,(H2,18,19,20). The number of guanidine groups is 1. The first-order valence-electron chi connectivity index (χ1n) is 8.46. The zero-order valence-corrected chi connectivity index (χ0v) is 15.7. The van der Waals surface area contributed by atoms with Crippen LogP contribution in [-0.4, -0.2) is 50.9 Å². The van der Waals surface area contributed by atoms with E-state index in [2.05, 4.69) is 15.6 Å². The largest absolute Gasteiger partial charge is 0.460 e. The Balaban J connectivity index is 3.63. The molecule has 0 saturated carbocycles. The van der Waals surface area contributed by atoms with E-state index >= 15 is 0 Å². The van der Waals surface area contributed by atoms with Crippen LogP contribution in [0, 0.1) is 0 Å². The van der Waals surface area contributed by atoms with E-state index in [9.17, 15) is 4.79 Å². The molecule has 1 unspecified atom stereocenters. The Morgan fingerprint density at radius 3 is 2.39 bits per heavy atom. The molecule has 0 aliphatic heterocycles. The molecule has 0 saturated heterocycles. The Bertz CT molecular complexity index is 351. The lowest BCUT2D eigenvalue weighted by Crippen LogP contribution is -2.44. The molecule has 23 heavy (non-hydrogen) atoms. The summed E-state index contributed by atoms with van der Waals surface area (Å²) < 4.78 is 10.4. The second kappa shape index (κ2) is 12.2. The quantitative estimate of drug-likeness (QED) is 0.279. The van der Waals surface area contributed by atoms with E-state index in [-0.39, 0.29) is 17.6 Å². The van der Waals surface area contributed by atoms with Crippen LogP contribution in [0.15, 0.2) is 4.99 Å². The molecule has 0 radical (unpaired) electrons. The van der Waals surface area contributed by atoms with Gasteiger partial charge < -0.3 is 20.1 Å². The lowest BCUT2D eigenvalue weighted by atomic mass is 10.1. The highest BCUT2D eigenvalue weighted by Crippen LogP contribution is 2.10. The van der Waals surface area contributed by atoms with Crippen molar-refractivity contribution in [3.63, 3.8) is 0 Å². The molecular formula is C17H35N3O3. The molecule has 0 aliphatic rings. The maximum Gasteiger partial charge on any atom is 0.306 e. The molecule has 0 amide bonds. The predicted octanol–water partition coefficient (Wildman–Crippen LogP) is 2.48. The number of ether oxygens (including phenoxy) is 2. The van der Waals surface area contributed by atoms with Gasteiger partial charge in [0, 0.05) is 33.2 Å². The van der Waals surface area contributed by atoms with Crippen molar-refractivity contribution in [2.75, 3.05) is 27.3 Å². The SMILES string of the molecule is CN=C(NCCCCCCC(=O)OC(C)(C)C)NC(C)COC. The van der Waals surface area contributed by atoms with Gasteiger partial charge >= 0.3 is 5.97 Å². The highest BCUT2D eigenvalue weighted by Gasteiger charge is 2.15. The molecule has 0 aromatic heterocycles. The molecule has 0 fully saturated rings. The van der Waals surface area contributed by atoms with E-state index in [4.69, 9.17) is 9.47 Å². The van der Waals surface area contributed by atoms with Crippen molar-refractivity contribution in [1.29, 1.82) is 0 Å². The number of hydrogen-bond acceptors (Lipinski definition) is 4. The number of rotatable bonds is 10. The molecule has 0 aliphatic carbocycles. The first-order valence-corrected chi connectivity index (χ1v) is 8.46. The number of aliphatic imine (C=N–C) groups is 1. The summed E-state index contributed by atoms with van der Waals surface area (Å²) in [7, 11) is 3.45. The van der Waals surface area contributed by atoms with Crippen LogP contribution in [-0.2, 0) is 14.3 Å². The summed E-state index contributed by atoms with van der Waals surface area (Å²) >= 11 is 0. The van der Waals surface area contributed by atoms with Gasteiger partial charge in [0.1, 0.15) is 5.60 Å². The molecule has 0 heterocycles. The van der Waals surface area contributed by atoms with Gasteiger partial charge in [-0.2, -0.15) is 0 Å². The van der Waals surface area contributed by atoms with E-state index < -0.39 is 0 Å². The van der Waals surface area contributed by atoms with Crippen LogP contribution in [0.25, 0.3) is 0 Å². The van der Waals surface area contributed by atoms with Crippen molar-refractivity contribution < 1.29 is 14.3 Å². The maximum atomic E-state index is 11.6. The molecular weight excluding hydrogens is 294 g/mol. The number of nitrogens with one attached hydrogen (secondary N) is 2. The van der Waals surface area contributed by atoms with Gasteiger partial charge in [-0.1, -0.05) is 12.8 Å². The molecule has 0 rings (SSSR count). The fraction of sp³-hybridized carbons (Fsp3) is 0.882. The summed E-state index contributed by atoms with van der Waals surface area (Å²) in [6.07, 6.45) is 4.55. The van der Waals surface area contributed by atoms with Crippen LogP contribution in [0.1, 0.15) is 59.8 Å². The van der Waals surface area contributed by atoms with Crippen LogP contribution in [0.4, 0.5) is 0 Å². The topological polar surface area (TPSA) is 72.0 Å². The Morgan fingerprint density at radius 2 is 1.83 bits per heavy atom. The van der Waals surface area contributed by atoms with Gasteiger partial charge in [0.2, 0.25) is 0 Å². The summed E-state index contributed by atoms with van der Waals surface area (Å²) in [6, 6.07) is 0.222. The molecule has 0 spiro atoms. The number of carbonyl (C=O) groups is 1. The van der Waals surface area contributed by atoms with Crippen LogP contribution < -0.4 is 10.6 Å². The van der Waals surface area contributed by atoms with Gasteiger partial charge in [-0.3, -0.25) is 9.79 Å². The Morgan fingerprint density at radius 1 is 1.17 bits per heavy atom. The van der Waals surface area contributed by atoms with Crippen LogP contribution >= 0.6 is 0 Å². The summed E-state index contributed by atoms with van der Waals surface area (Å²) in [6.45, 7) is 9.24. The minimum atomic E-state index is -0.385. The van der Waals surface area contributed by atoms with Crippen molar-refractivity contribution in [3.8, 4) is 0 Å². The third-order valence-electron chi connectivity index (χ3n) is 3.04. The number of esters is 1. The highest BCUT2D eigenvalue weighted by molar-refractivity contribution is 5.79. The van der Waals surface area contributed by atoms with E-state index in [1.165, 1.54) is 0 Å². The van der Waals surface area contributed by atoms with Crippen molar-refractivity contribution in [2.24, 2.45) is 4.99 Å². The van der Waals surface area contributed by atoms with Gasteiger partial charge in [0.05, 0.1) is 6.61 Å². The number of hydrogen-bond donors (Lipinski definition) is 2. The second-order valence-corrected chi connectivity index (χ2v) is 6.75. The molecule has 6 nitrogen and oxygen atoms in total. The second-order valence-electron chi connectivity index (χ2n) is 6.75. The summed E-state index contributed by atoms with van der Waals surface area (Å²) in [4.78, 5) is 15.7. The summed E-state index contributed by atoms with van der Waals surface area (Å²) in [5.41, 5.74) is -0.385. The molecule has 1 atom stereocenters. The number of unbranched alkanes of at least 4 members (excludes halogenated alkanes) is 3. The van der Waals surface area contributed by atoms with Crippen LogP contribution in [0.2, 0.25) is 0 Å². The summed E-state index contributed by atoms with van der Waals surface area (Å²) in [5.74, 6) is 0.690. The van der Waals surface area contributed by atoms with Crippen molar-refractivity contribution in [3.05, 3.63) is 0 Å². The highest BCUT2D eigenvalue weighted by atomic mass is 16.6. The zero-order valence-electron chi connectivity index (χ0n) is 15.7. The van der Waals surface area contributed by atoms with Gasteiger partial charge in [-0.05, 0) is 40.5 Å². The minimum absolute atomic E-state index is 0.104. The number of methoxy groups -OCH3 is 1. The van der Waals surface area contributed by atoms with E-state index in [0.717, 1.165) is 38.2 Å². The minimum Gasteiger partial charge on any atom is -0.460 e. The van der Waals surface area contributed by atoms with Gasteiger partial charge in [0.25, 0.3) is 0 Å². The average Bonchev–Trinajstić information content (AvgIpc) is 2.43. The van der Waals surface area contributed by atoms with E-state index in [1.807, 2.05) is 27.7 Å². The molecule has 6 heteroatoms. The average molecular weight is 329 g/mol. The molecule has 136 valence electrons. The van der Waals surface area contributed by atoms with Crippen LogP contribution in [0.3, 0.4) is 0 Å². The van der Waals surface area contributed by atoms with Gasteiger partial charge in [0.15, 0.2) is 5.96 Å². The first kappa shape index (κ1) is 21.7. The van der Waals surface area contributed by atoms with Crippen molar-refractivity contribution in [1.82, 2.24) is 10.6 Å². The zero-order chi connectivity index (χ0) is 17.7. The third kappa shape index (κ3) is 14.0. The predicted molar refractivity (Wildman–Crippen MR) is 94.8 cm³/mol. The molecule has 0 bridgehead atoms. The molecule has 0 aromatic carbocycles. The third-order valence-corrected chi connectivity index (χ3v) is 3.04. The monoisotopic (exact) mass is 329 g/mol. The lowest BCUT2D eigenvalue weighted by molar-refractivity contribution is -0.154. The molecule has 2 N–H and O–H groups in total. The van der Waals surface area contributed by atoms with E-state index in [1.54, 1.807) is 14.2 Å². The molecule has 0 aromatic rings. The Labute approximate surface area is 141 Å². The van der Waals surface area contributed by atoms with Gasteiger partial charge in [-0.25, -0.2) is 0 Å². The Hall–Kier alpha value is -1.30. The fourth-order valence-electron chi connectivity index (χ4n) is 2.07. The lowest BCUT2D eigenvalue weighted by Gasteiger charge is -2.19. The van der Waals surface area contributed by atoms with Gasteiger partial charge in [-0.15, -0.1) is 0 Å². The maximum absolute atomic E-state index is 11.6.